The number of aliphatic hydroxyl groups excluding tert-OH is 1. The number of aromatic nitrogens is 3. The molecule has 4 rings (SSSR count). The molecule has 0 aliphatic rings. The fraction of sp³-hybridized carbons (Fsp3) is 0.250. The fourth-order valence-electron chi connectivity index (χ4n) is 3.48. The topological polar surface area (TPSA) is 107 Å². The number of phenols is 1. The average molecular weight is 488 g/mol. The number of hydrogen-bond acceptors (Lipinski definition) is 8. The molecular formula is C28H29N3O5. The van der Waals surface area contributed by atoms with E-state index in [0.29, 0.717) is 35.4 Å². The van der Waals surface area contributed by atoms with Crippen LogP contribution in [0.3, 0.4) is 0 Å². The zero-order valence-corrected chi connectivity index (χ0v) is 20.3. The molecule has 0 saturated carbocycles. The molecule has 3 aromatic carbocycles. The molecule has 36 heavy (non-hydrogen) atoms. The summed E-state index contributed by atoms with van der Waals surface area (Å²) in [6.45, 7) is 2.83. The number of phenolic OH excluding ortho intramolecular Hbond substituents is 1. The molecule has 8 nitrogen and oxygen atoms in total. The van der Waals surface area contributed by atoms with Crippen molar-refractivity contribution < 1.29 is 24.4 Å². The van der Waals surface area contributed by atoms with Crippen LogP contribution in [0.25, 0.3) is 34.2 Å². The second-order valence-electron chi connectivity index (χ2n) is 8.12. The van der Waals surface area contributed by atoms with E-state index in [1.165, 1.54) is 6.07 Å². The first-order chi connectivity index (χ1) is 17.6. The molecule has 1 aromatic heterocycles. The second kappa shape index (κ2) is 12.1. The lowest BCUT2D eigenvalue weighted by Gasteiger charge is -2.14. The summed E-state index contributed by atoms with van der Waals surface area (Å²) in [7, 11) is 1.61. The zero-order chi connectivity index (χ0) is 25.3. The summed E-state index contributed by atoms with van der Waals surface area (Å²) in [5.41, 5.74) is 2.05. The molecule has 4 aromatic rings. The van der Waals surface area contributed by atoms with Gasteiger partial charge in [0.2, 0.25) is 0 Å². The minimum absolute atomic E-state index is 0.0462. The number of aromatic hydroxyl groups is 1. The van der Waals surface area contributed by atoms with E-state index >= 15 is 0 Å². The number of nitrogens with zero attached hydrogens (tertiary/aromatic N) is 3. The SMILES string of the molecule is CCCOCC(O)COc1ccc(-c2nc(-c3ccccc3)nc(-c3ccc(OC)cc3)n2)c(O)c1. The van der Waals surface area contributed by atoms with Gasteiger partial charge in [0.25, 0.3) is 0 Å². The first-order valence-corrected chi connectivity index (χ1v) is 11.7. The molecule has 0 bridgehead atoms. The van der Waals surface area contributed by atoms with Crippen LogP contribution in [0, 0.1) is 0 Å². The third-order valence-electron chi connectivity index (χ3n) is 5.33. The van der Waals surface area contributed by atoms with E-state index in [0.717, 1.165) is 23.3 Å². The Morgan fingerprint density at radius 2 is 1.42 bits per heavy atom. The summed E-state index contributed by atoms with van der Waals surface area (Å²) in [6.07, 6.45) is 0.119. The van der Waals surface area contributed by atoms with Crippen molar-refractivity contribution in [2.24, 2.45) is 0 Å². The highest BCUT2D eigenvalue weighted by atomic mass is 16.5. The minimum atomic E-state index is -0.762. The Morgan fingerprint density at radius 1 is 0.778 bits per heavy atom. The Morgan fingerprint density at radius 3 is 2.06 bits per heavy atom. The number of aliphatic hydroxyl groups is 1. The van der Waals surface area contributed by atoms with Crippen LogP contribution in [0.2, 0.25) is 0 Å². The lowest BCUT2D eigenvalue weighted by atomic mass is 10.1. The Hall–Kier alpha value is -4.01. The third kappa shape index (κ3) is 6.35. The van der Waals surface area contributed by atoms with Gasteiger partial charge in [-0.3, -0.25) is 0 Å². The first-order valence-electron chi connectivity index (χ1n) is 11.7. The van der Waals surface area contributed by atoms with Crippen molar-refractivity contribution in [2.75, 3.05) is 26.9 Å². The van der Waals surface area contributed by atoms with E-state index in [2.05, 4.69) is 15.0 Å². The Balaban J connectivity index is 1.63. The molecule has 1 atom stereocenters. The summed E-state index contributed by atoms with van der Waals surface area (Å²) in [5.74, 6) is 2.38. The van der Waals surface area contributed by atoms with E-state index in [-0.39, 0.29) is 19.0 Å². The Labute approximate surface area is 210 Å². The molecule has 0 fully saturated rings. The summed E-state index contributed by atoms with van der Waals surface area (Å²) in [6, 6.07) is 21.9. The number of rotatable bonds is 11. The van der Waals surface area contributed by atoms with Gasteiger partial charge in [0.1, 0.15) is 30.0 Å². The number of hydrogen-bond donors (Lipinski definition) is 2. The Bertz CT molecular complexity index is 1270. The molecule has 1 unspecified atom stereocenters. The van der Waals surface area contributed by atoms with Crippen molar-refractivity contribution in [3.63, 3.8) is 0 Å². The highest BCUT2D eigenvalue weighted by molar-refractivity contribution is 5.70. The lowest BCUT2D eigenvalue weighted by molar-refractivity contribution is 0.0123. The number of benzene rings is 3. The van der Waals surface area contributed by atoms with Crippen molar-refractivity contribution in [1.82, 2.24) is 15.0 Å². The molecule has 0 saturated heterocycles. The summed E-state index contributed by atoms with van der Waals surface area (Å²) in [5, 5.41) is 20.8. The van der Waals surface area contributed by atoms with Gasteiger partial charge in [-0.05, 0) is 42.8 Å². The van der Waals surface area contributed by atoms with Gasteiger partial charge in [-0.2, -0.15) is 0 Å². The molecule has 1 heterocycles. The highest BCUT2D eigenvalue weighted by Gasteiger charge is 2.16. The predicted octanol–water partition coefficient (Wildman–Crippen LogP) is 4.75. The minimum Gasteiger partial charge on any atom is -0.507 e. The molecule has 186 valence electrons. The van der Waals surface area contributed by atoms with E-state index < -0.39 is 6.10 Å². The van der Waals surface area contributed by atoms with Crippen LogP contribution in [-0.4, -0.2) is 58.2 Å². The molecule has 0 aliphatic heterocycles. The van der Waals surface area contributed by atoms with Crippen LogP contribution in [0.15, 0.2) is 72.8 Å². The van der Waals surface area contributed by atoms with Crippen LogP contribution in [0.1, 0.15) is 13.3 Å². The number of methoxy groups -OCH3 is 1. The average Bonchev–Trinajstić information content (AvgIpc) is 2.92. The number of ether oxygens (including phenoxy) is 3. The van der Waals surface area contributed by atoms with Crippen LogP contribution in [0.5, 0.6) is 17.2 Å². The molecule has 2 N–H and O–H groups in total. The molecule has 0 aliphatic carbocycles. The smallest absolute Gasteiger partial charge is 0.167 e. The van der Waals surface area contributed by atoms with Crippen molar-refractivity contribution in [2.45, 2.75) is 19.4 Å². The van der Waals surface area contributed by atoms with Crippen LogP contribution in [0.4, 0.5) is 0 Å². The van der Waals surface area contributed by atoms with Crippen LogP contribution in [-0.2, 0) is 4.74 Å². The standard InChI is InChI=1S/C28H29N3O5/c1-3-15-35-17-21(32)18-36-23-13-14-24(25(33)16-23)28-30-26(19-7-5-4-6-8-19)29-27(31-28)20-9-11-22(34-2)12-10-20/h4-14,16,21,32-33H,3,15,17-18H2,1-2H3. The van der Waals surface area contributed by atoms with Crippen molar-refractivity contribution in [3.8, 4) is 51.4 Å². The molecular weight excluding hydrogens is 458 g/mol. The van der Waals surface area contributed by atoms with E-state index in [1.54, 1.807) is 19.2 Å². The van der Waals surface area contributed by atoms with Gasteiger partial charge in [-0.25, -0.2) is 15.0 Å². The van der Waals surface area contributed by atoms with Crippen LogP contribution < -0.4 is 9.47 Å². The Kier molecular flexibility index (Phi) is 8.44. The quantitative estimate of drug-likeness (QED) is 0.292. The summed E-state index contributed by atoms with van der Waals surface area (Å²) < 4.78 is 16.2. The second-order valence-corrected chi connectivity index (χ2v) is 8.12. The maximum atomic E-state index is 10.8. The van der Waals surface area contributed by atoms with Gasteiger partial charge in [0.05, 0.1) is 19.3 Å². The maximum Gasteiger partial charge on any atom is 0.167 e. The maximum absolute atomic E-state index is 10.8. The molecule has 0 amide bonds. The van der Waals surface area contributed by atoms with Gasteiger partial charge >= 0.3 is 0 Å². The van der Waals surface area contributed by atoms with Crippen molar-refractivity contribution in [3.05, 3.63) is 72.8 Å². The summed E-state index contributed by atoms with van der Waals surface area (Å²) in [4.78, 5) is 13.9. The van der Waals surface area contributed by atoms with Gasteiger partial charge in [0.15, 0.2) is 17.5 Å². The molecule has 0 spiro atoms. The normalized spacial score (nSPS) is 11.8. The van der Waals surface area contributed by atoms with Crippen molar-refractivity contribution in [1.29, 1.82) is 0 Å². The van der Waals surface area contributed by atoms with Gasteiger partial charge in [0, 0.05) is 23.8 Å². The van der Waals surface area contributed by atoms with Crippen LogP contribution >= 0.6 is 0 Å². The van der Waals surface area contributed by atoms with Gasteiger partial charge in [-0.1, -0.05) is 37.3 Å². The molecule has 8 heteroatoms. The van der Waals surface area contributed by atoms with Crippen molar-refractivity contribution >= 4 is 0 Å². The van der Waals surface area contributed by atoms with Gasteiger partial charge in [-0.15, -0.1) is 0 Å². The van der Waals surface area contributed by atoms with Gasteiger partial charge < -0.3 is 24.4 Å². The molecule has 0 radical (unpaired) electrons. The highest BCUT2D eigenvalue weighted by Crippen LogP contribution is 2.33. The van der Waals surface area contributed by atoms with E-state index in [1.807, 2.05) is 61.5 Å². The first kappa shape index (κ1) is 25.1. The third-order valence-corrected chi connectivity index (χ3v) is 5.33. The lowest BCUT2D eigenvalue weighted by Crippen LogP contribution is -2.23. The predicted molar refractivity (Wildman–Crippen MR) is 137 cm³/mol. The van der Waals surface area contributed by atoms with E-state index in [4.69, 9.17) is 14.2 Å². The largest absolute Gasteiger partial charge is 0.507 e. The van der Waals surface area contributed by atoms with E-state index in [9.17, 15) is 10.2 Å². The summed E-state index contributed by atoms with van der Waals surface area (Å²) >= 11 is 0. The zero-order valence-electron chi connectivity index (χ0n) is 20.3. The fourth-order valence-corrected chi connectivity index (χ4v) is 3.48. The monoisotopic (exact) mass is 487 g/mol.